The Morgan fingerprint density at radius 3 is 2.42 bits per heavy atom. The Morgan fingerprint density at radius 1 is 1.03 bits per heavy atom. The number of para-hydroxylation sites is 1. The van der Waals surface area contributed by atoms with Gasteiger partial charge in [-0.3, -0.25) is 19.1 Å². The molecule has 2 aromatic carbocycles. The number of halogens is 1. The Bertz CT molecular complexity index is 1490. The van der Waals surface area contributed by atoms with E-state index in [4.69, 9.17) is 21.1 Å². The molecule has 0 atom stereocenters. The fraction of sp³-hybridized carbons (Fsp3) is 0.429. The smallest absolute Gasteiger partial charge is 0.338 e. The molecule has 1 aromatic heterocycles. The lowest BCUT2D eigenvalue weighted by Crippen LogP contribution is -2.41. The third kappa shape index (κ3) is 5.54. The molecule has 0 aliphatic carbocycles. The lowest BCUT2D eigenvalue weighted by molar-refractivity contribution is -0.144. The van der Waals surface area contributed by atoms with Crippen molar-refractivity contribution < 1.29 is 19.1 Å². The van der Waals surface area contributed by atoms with Crippen molar-refractivity contribution in [1.82, 2.24) is 14.0 Å². The van der Waals surface area contributed by atoms with E-state index in [1.165, 1.54) is 11.0 Å². The first-order valence-corrected chi connectivity index (χ1v) is 13.2. The van der Waals surface area contributed by atoms with E-state index in [9.17, 15) is 19.2 Å². The van der Waals surface area contributed by atoms with Gasteiger partial charge in [-0.05, 0) is 76.0 Å². The molecule has 0 amide bonds. The van der Waals surface area contributed by atoms with Crippen LogP contribution in [0.15, 0.2) is 39.9 Å². The number of piperidine rings is 1. The molecule has 0 unspecified atom stereocenters. The molecule has 10 heteroatoms. The topological polar surface area (TPSA) is 99.8 Å². The molecule has 0 saturated carbocycles. The lowest BCUT2D eigenvalue weighted by atomic mass is 9.98. The molecule has 0 bridgehead atoms. The number of fused-ring (bicyclic) bond motifs is 1. The van der Waals surface area contributed by atoms with Crippen molar-refractivity contribution in [2.24, 2.45) is 0 Å². The zero-order chi connectivity index (χ0) is 27.4. The second-order valence-corrected chi connectivity index (χ2v) is 9.80. The van der Waals surface area contributed by atoms with Gasteiger partial charge in [-0.15, -0.1) is 0 Å². The van der Waals surface area contributed by atoms with Crippen LogP contribution in [0, 0.1) is 13.8 Å². The van der Waals surface area contributed by atoms with Crippen molar-refractivity contribution in [2.75, 3.05) is 32.8 Å². The molecule has 0 N–H and O–H groups in total. The third-order valence-electron chi connectivity index (χ3n) is 6.86. The van der Waals surface area contributed by atoms with E-state index >= 15 is 0 Å². The van der Waals surface area contributed by atoms with Gasteiger partial charge in [-0.1, -0.05) is 30.2 Å². The van der Waals surface area contributed by atoms with Crippen molar-refractivity contribution in [1.29, 1.82) is 0 Å². The van der Waals surface area contributed by atoms with Crippen molar-refractivity contribution in [3.05, 3.63) is 72.9 Å². The van der Waals surface area contributed by atoms with Crippen molar-refractivity contribution in [2.45, 2.75) is 46.6 Å². The summed E-state index contributed by atoms with van der Waals surface area (Å²) in [4.78, 5) is 55.4. The van der Waals surface area contributed by atoms with Gasteiger partial charge in [-0.2, -0.15) is 0 Å². The van der Waals surface area contributed by atoms with Gasteiger partial charge in [0.1, 0.15) is 13.2 Å². The predicted molar refractivity (Wildman–Crippen MR) is 145 cm³/mol. The molecule has 0 radical (unpaired) electrons. The molecule has 2 heterocycles. The average Bonchev–Trinajstić information content (AvgIpc) is 2.88. The average molecular weight is 542 g/mol. The first kappa shape index (κ1) is 27.6. The summed E-state index contributed by atoms with van der Waals surface area (Å²) in [6.07, 6.45) is 3.47. The molecule has 0 spiro atoms. The maximum absolute atomic E-state index is 13.8. The molecule has 202 valence electrons. The number of aryl methyl sites for hydroxylation is 2. The van der Waals surface area contributed by atoms with Crippen LogP contribution in [0.3, 0.4) is 0 Å². The van der Waals surface area contributed by atoms with Crippen LogP contribution in [-0.2, 0) is 20.8 Å². The number of nitrogens with zero attached hydrogens (tertiary/aromatic N) is 3. The van der Waals surface area contributed by atoms with Crippen molar-refractivity contribution in [3.63, 3.8) is 0 Å². The highest BCUT2D eigenvalue weighted by Crippen LogP contribution is 2.25. The summed E-state index contributed by atoms with van der Waals surface area (Å²) in [5, 5.41) is 0.316. The Hall–Kier alpha value is -3.43. The van der Waals surface area contributed by atoms with E-state index in [0.29, 0.717) is 17.7 Å². The third-order valence-corrected chi connectivity index (χ3v) is 7.18. The second-order valence-electron chi connectivity index (χ2n) is 9.39. The summed E-state index contributed by atoms with van der Waals surface area (Å²) in [5.74, 6) is -1.16. The summed E-state index contributed by atoms with van der Waals surface area (Å²) >= 11 is 6.36. The maximum Gasteiger partial charge on any atom is 0.338 e. The van der Waals surface area contributed by atoms with E-state index in [2.05, 4.69) is 4.90 Å². The van der Waals surface area contributed by atoms with Crippen LogP contribution in [0.25, 0.3) is 16.6 Å². The molecule has 1 aliphatic heterocycles. The number of rotatable bonds is 8. The van der Waals surface area contributed by atoms with Gasteiger partial charge in [0.25, 0.3) is 5.56 Å². The zero-order valence-corrected chi connectivity index (χ0v) is 22.7. The number of carbonyl (C=O) groups is 2. The van der Waals surface area contributed by atoms with Gasteiger partial charge in [0, 0.05) is 6.54 Å². The second kappa shape index (κ2) is 12.0. The molecule has 38 heavy (non-hydrogen) atoms. The minimum absolute atomic E-state index is 0.124. The maximum atomic E-state index is 13.8. The van der Waals surface area contributed by atoms with Crippen molar-refractivity contribution in [3.8, 4) is 5.69 Å². The van der Waals surface area contributed by atoms with Gasteiger partial charge in [0.15, 0.2) is 0 Å². The number of hydrogen-bond donors (Lipinski definition) is 0. The number of likely N-dealkylation sites (tertiary alicyclic amines) is 1. The zero-order valence-electron chi connectivity index (χ0n) is 21.9. The molecule has 1 fully saturated rings. The molecule has 1 aliphatic rings. The quantitative estimate of drug-likeness (QED) is 0.401. The summed E-state index contributed by atoms with van der Waals surface area (Å²) in [7, 11) is 0. The summed E-state index contributed by atoms with van der Waals surface area (Å²) in [6.45, 7) is 7.58. The minimum Gasteiger partial charge on any atom is -0.463 e. The molecule has 1 saturated heterocycles. The van der Waals surface area contributed by atoms with Crippen LogP contribution in [0.1, 0.15) is 47.7 Å². The molecular formula is C28H32ClN3O6. The van der Waals surface area contributed by atoms with Crippen molar-refractivity contribution >= 4 is 34.4 Å². The van der Waals surface area contributed by atoms with E-state index in [0.717, 1.165) is 30.5 Å². The van der Waals surface area contributed by atoms with Gasteiger partial charge in [0.2, 0.25) is 0 Å². The predicted octanol–water partition coefficient (Wildman–Crippen LogP) is 3.63. The normalized spacial score (nSPS) is 14.0. The lowest BCUT2D eigenvalue weighted by Gasteiger charge is -2.26. The Balaban J connectivity index is 1.82. The van der Waals surface area contributed by atoms with Crippen LogP contribution < -0.4 is 11.2 Å². The largest absolute Gasteiger partial charge is 0.463 e. The van der Waals surface area contributed by atoms with Gasteiger partial charge >= 0.3 is 17.6 Å². The van der Waals surface area contributed by atoms with Gasteiger partial charge < -0.3 is 9.47 Å². The van der Waals surface area contributed by atoms with Gasteiger partial charge in [0.05, 0.1) is 33.8 Å². The van der Waals surface area contributed by atoms with Crippen LogP contribution in [0.2, 0.25) is 5.02 Å². The number of carbonyl (C=O) groups excluding carboxylic acids is 2. The fourth-order valence-corrected chi connectivity index (χ4v) is 5.25. The molecular weight excluding hydrogens is 510 g/mol. The van der Waals surface area contributed by atoms with E-state index in [1.807, 2.05) is 0 Å². The Morgan fingerprint density at radius 2 is 1.74 bits per heavy atom. The Labute approximate surface area is 225 Å². The standard InChI is InChI=1S/C28H32ClN3O6/c1-4-37-27(35)24-18(2)16-22-25(19(24)3)26(34)32(21-11-7-6-10-20(21)29)28(36)31(22)17-23(33)38-15-14-30-12-8-5-9-13-30/h6-7,10-11,16H,4-5,8-9,12-15,17H2,1-3H3. The van der Waals surface area contributed by atoms with E-state index in [1.54, 1.807) is 51.1 Å². The first-order chi connectivity index (χ1) is 18.2. The molecule has 3 aromatic rings. The number of esters is 2. The number of benzene rings is 2. The first-order valence-electron chi connectivity index (χ1n) is 12.8. The highest BCUT2D eigenvalue weighted by Gasteiger charge is 2.24. The van der Waals surface area contributed by atoms with Crippen LogP contribution in [0.5, 0.6) is 0 Å². The van der Waals surface area contributed by atoms with Gasteiger partial charge in [-0.25, -0.2) is 14.2 Å². The van der Waals surface area contributed by atoms with Crippen LogP contribution in [0.4, 0.5) is 0 Å². The van der Waals surface area contributed by atoms with E-state index in [-0.39, 0.29) is 40.4 Å². The van der Waals surface area contributed by atoms with E-state index < -0.39 is 29.7 Å². The number of aromatic nitrogens is 2. The summed E-state index contributed by atoms with van der Waals surface area (Å²) < 4.78 is 12.8. The van der Waals surface area contributed by atoms with Crippen LogP contribution >= 0.6 is 11.6 Å². The Kier molecular flexibility index (Phi) is 8.69. The SMILES string of the molecule is CCOC(=O)c1c(C)cc2c(c1C)c(=O)n(-c1ccccc1Cl)c(=O)n2CC(=O)OCCN1CCCCC1. The molecule has 4 rings (SSSR count). The van der Waals surface area contributed by atoms with Crippen LogP contribution in [-0.4, -0.2) is 58.8 Å². The monoisotopic (exact) mass is 541 g/mol. The molecule has 9 nitrogen and oxygen atoms in total. The highest BCUT2D eigenvalue weighted by molar-refractivity contribution is 6.32. The highest BCUT2D eigenvalue weighted by atomic mass is 35.5. The summed E-state index contributed by atoms with van der Waals surface area (Å²) in [5.41, 5.74) is 0.167. The summed E-state index contributed by atoms with van der Waals surface area (Å²) in [6, 6.07) is 8.02. The number of hydrogen-bond acceptors (Lipinski definition) is 7. The minimum atomic E-state index is -0.730. The number of ether oxygens (including phenoxy) is 2. The fourth-order valence-electron chi connectivity index (χ4n) is 5.03.